The molecule has 1 fully saturated rings. The molecular formula is C26H28N2O3S. The molecule has 0 unspecified atom stereocenters. The average molecular weight is 449 g/mol. The predicted octanol–water partition coefficient (Wildman–Crippen LogP) is 3.89. The van der Waals surface area contributed by atoms with Gasteiger partial charge in [-0.25, -0.2) is 8.42 Å². The molecule has 3 aromatic rings. The summed E-state index contributed by atoms with van der Waals surface area (Å²) < 4.78 is 24.2. The number of rotatable bonds is 7. The lowest BCUT2D eigenvalue weighted by Gasteiger charge is -2.29. The molecule has 5 nitrogen and oxygen atoms in total. The standard InChI is InChI=1S/C26H28N2O3S/c1-20-12-14-22(15-13-20)26(21-8-4-2-5-9-21)27-18-25(29)28(23-10-6-3-7-11-23)24-16-17-32(30,31)19-24/h2-15,24,26-27H,16-19H2,1H3/t24-,26-/m0/s1. The fraction of sp³-hybridized carbons (Fsp3) is 0.269. The van der Waals surface area contributed by atoms with Gasteiger partial charge in [-0.2, -0.15) is 0 Å². The van der Waals surface area contributed by atoms with Gasteiger partial charge in [-0.3, -0.25) is 10.1 Å². The largest absolute Gasteiger partial charge is 0.307 e. The van der Waals surface area contributed by atoms with Gasteiger partial charge in [0.1, 0.15) is 0 Å². The van der Waals surface area contributed by atoms with Gasteiger partial charge in [0.2, 0.25) is 5.91 Å². The number of benzene rings is 3. The van der Waals surface area contributed by atoms with Gasteiger partial charge in [0.05, 0.1) is 30.1 Å². The van der Waals surface area contributed by atoms with Crippen molar-refractivity contribution in [3.05, 3.63) is 102 Å². The molecule has 1 saturated heterocycles. The average Bonchev–Trinajstić information content (AvgIpc) is 3.16. The summed E-state index contributed by atoms with van der Waals surface area (Å²) in [5.41, 5.74) is 4.05. The summed E-state index contributed by atoms with van der Waals surface area (Å²) in [6.45, 7) is 2.14. The number of hydrogen-bond acceptors (Lipinski definition) is 4. The highest BCUT2D eigenvalue weighted by atomic mass is 32.2. The van der Waals surface area contributed by atoms with Crippen LogP contribution in [0.15, 0.2) is 84.9 Å². The van der Waals surface area contributed by atoms with Gasteiger partial charge in [-0.15, -0.1) is 0 Å². The Kier molecular flexibility index (Phi) is 6.72. The molecule has 32 heavy (non-hydrogen) atoms. The van der Waals surface area contributed by atoms with Crippen LogP contribution < -0.4 is 10.2 Å². The Morgan fingerprint density at radius 2 is 1.53 bits per heavy atom. The van der Waals surface area contributed by atoms with E-state index in [0.717, 1.165) is 16.8 Å². The molecule has 0 spiro atoms. The lowest BCUT2D eigenvalue weighted by molar-refractivity contribution is -0.118. The topological polar surface area (TPSA) is 66.5 Å². The summed E-state index contributed by atoms with van der Waals surface area (Å²) >= 11 is 0. The van der Waals surface area contributed by atoms with Crippen molar-refractivity contribution in [3.8, 4) is 0 Å². The van der Waals surface area contributed by atoms with Gasteiger partial charge >= 0.3 is 0 Å². The van der Waals surface area contributed by atoms with Crippen molar-refractivity contribution in [2.75, 3.05) is 23.0 Å². The molecule has 1 N–H and O–H groups in total. The molecule has 6 heteroatoms. The number of aryl methyl sites for hydroxylation is 1. The number of amides is 1. The Morgan fingerprint density at radius 3 is 2.12 bits per heavy atom. The zero-order chi connectivity index (χ0) is 22.6. The molecule has 1 amide bonds. The lowest BCUT2D eigenvalue weighted by Crippen LogP contribution is -2.46. The first-order valence-corrected chi connectivity index (χ1v) is 12.7. The van der Waals surface area contributed by atoms with Crippen LogP contribution in [0.3, 0.4) is 0 Å². The first-order chi connectivity index (χ1) is 15.4. The highest BCUT2D eigenvalue weighted by Gasteiger charge is 2.35. The number of nitrogens with one attached hydrogen (secondary N) is 1. The van der Waals surface area contributed by atoms with Crippen LogP contribution in [0.25, 0.3) is 0 Å². The normalized spacial score (nSPS) is 18.2. The van der Waals surface area contributed by atoms with Crippen molar-refractivity contribution >= 4 is 21.4 Å². The van der Waals surface area contributed by atoms with Crippen molar-refractivity contribution in [3.63, 3.8) is 0 Å². The lowest BCUT2D eigenvalue weighted by atomic mass is 9.98. The first-order valence-electron chi connectivity index (χ1n) is 10.9. The maximum absolute atomic E-state index is 13.4. The van der Waals surface area contributed by atoms with E-state index in [1.165, 1.54) is 5.56 Å². The van der Waals surface area contributed by atoms with E-state index in [-0.39, 0.29) is 36.0 Å². The maximum atomic E-state index is 13.4. The van der Waals surface area contributed by atoms with Gasteiger partial charge in [0.25, 0.3) is 0 Å². The molecule has 0 saturated carbocycles. The smallest absolute Gasteiger partial charge is 0.241 e. The van der Waals surface area contributed by atoms with E-state index in [2.05, 4.69) is 29.6 Å². The van der Waals surface area contributed by atoms with E-state index in [1.807, 2.05) is 67.6 Å². The number of carbonyl (C=O) groups excluding carboxylic acids is 1. The molecule has 1 aliphatic rings. The van der Waals surface area contributed by atoms with Crippen LogP contribution in [0.4, 0.5) is 5.69 Å². The van der Waals surface area contributed by atoms with Crippen molar-refractivity contribution < 1.29 is 13.2 Å². The SMILES string of the molecule is Cc1ccc([C@@H](NCC(=O)N(c2ccccc2)[C@H]2CCS(=O)(=O)C2)c2ccccc2)cc1. The van der Waals surface area contributed by atoms with E-state index in [1.54, 1.807) is 4.90 Å². The summed E-state index contributed by atoms with van der Waals surface area (Å²) in [5, 5.41) is 3.43. The minimum atomic E-state index is -3.12. The van der Waals surface area contributed by atoms with Crippen LogP contribution in [-0.2, 0) is 14.6 Å². The van der Waals surface area contributed by atoms with E-state index < -0.39 is 9.84 Å². The predicted molar refractivity (Wildman–Crippen MR) is 128 cm³/mol. The molecule has 0 radical (unpaired) electrons. The second-order valence-electron chi connectivity index (χ2n) is 8.29. The molecule has 2 atom stereocenters. The highest BCUT2D eigenvalue weighted by Crippen LogP contribution is 2.26. The number of sulfone groups is 1. The minimum Gasteiger partial charge on any atom is -0.307 e. The van der Waals surface area contributed by atoms with Crippen LogP contribution in [0, 0.1) is 6.92 Å². The Hall–Kier alpha value is -2.96. The number of anilines is 1. The zero-order valence-corrected chi connectivity index (χ0v) is 19.0. The molecule has 4 rings (SSSR count). The van der Waals surface area contributed by atoms with Gasteiger partial charge in [-0.05, 0) is 36.6 Å². The molecule has 0 aliphatic carbocycles. The molecule has 1 heterocycles. The maximum Gasteiger partial charge on any atom is 0.241 e. The Labute approximate surface area is 190 Å². The van der Waals surface area contributed by atoms with Gasteiger partial charge < -0.3 is 4.90 Å². The quantitative estimate of drug-likeness (QED) is 0.595. The summed E-state index contributed by atoms with van der Waals surface area (Å²) in [7, 11) is -3.12. The van der Waals surface area contributed by atoms with E-state index in [0.29, 0.717) is 6.42 Å². The molecule has 0 aromatic heterocycles. The van der Waals surface area contributed by atoms with Gasteiger partial charge in [0.15, 0.2) is 9.84 Å². The third kappa shape index (κ3) is 5.26. The van der Waals surface area contributed by atoms with E-state index in [4.69, 9.17) is 0 Å². The van der Waals surface area contributed by atoms with Crippen LogP contribution >= 0.6 is 0 Å². The third-order valence-corrected chi connectivity index (χ3v) is 7.63. The summed E-state index contributed by atoms with van der Waals surface area (Å²) in [6, 6.07) is 27.1. The second kappa shape index (κ2) is 9.67. The van der Waals surface area contributed by atoms with Crippen molar-refractivity contribution in [2.45, 2.75) is 25.4 Å². The monoisotopic (exact) mass is 448 g/mol. The first kappa shape index (κ1) is 22.2. The highest BCUT2D eigenvalue weighted by molar-refractivity contribution is 7.91. The van der Waals surface area contributed by atoms with Crippen LogP contribution in [-0.4, -0.2) is 38.4 Å². The summed E-state index contributed by atoms with van der Waals surface area (Å²) in [4.78, 5) is 15.1. The molecule has 166 valence electrons. The fourth-order valence-corrected chi connectivity index (χ4v) is 5.93. The number of carbonyl (C=O) groups is 1. The molecule has 0 bridgehead atoms. The Balaban J connectivity index is 1.58. The number of para-hydroxylation sites is 1. The van der Waals surface area contributed by atoms with Gasteiger partial charge in [0, 0.05) is 5.69 Å². The van der Waals surface area contributed by atoms with Crippen molar-refractivity contribution in [1.82, 2.24) is 5.32 Å². The molecule has 3 aromatic carbocycles. The summed E-state index contributed by atoms with van der Waals surface area (Å²) in [6.07, 6.45) is 0.461. The third-order valence-electron chi connectivity index (χ3n) is 5.88. The summed E-state index contributed by atoms with van der Waals surface area (Å²) in [5.74, 6) is -0.00263. The fourth-order valence-electron chi connectivity index (χ4n) is 4.23. The van der Waals surface area contributed by atoms with Crippen LogP contribution in [0.1, 0.15) is 29.2 Å². The van der Waals surface area contributed by atoms with Crippen molar-refractivity contribution in [2.24, 2.45) is 0 Å². The van der Waals surface area contributed by atoms with E-state index >= 15 is 0 Å². The van der Waals surface area contributed by atoms with E-state index in [9.17, 15) is 13.2 Å². The van der Waals surface area contributed by atoms with Crippen LogP contribution in [0.5, 0.6) is 0 Å². The van der Waals surface area contributed by atoms with Gasteiger partial charge in [-0.1, -0.05) is 78.4 Å². The minimum absolute atomic E-state index is 0.00765. The molecular weight excluding hydrogens is 420 g/mol. The number of hydrogen-bond donors (Lipinski definition) is 1. The zero-order valence-electron chi connectivity index (χ0n) is 18.1. The molecule has 1 aliphatic heterocycles. The number of nitrogens with zero attached hydrogens (tertiary/aromatic N) is 1. The van der Waals surface area contributed by atoms with Crippen molar-refractivity contribution in [1.29, 1.82) is 0 Å². The second-order valence-corrected chi connectivity index (χ2v) is 10.5. The Morgan fingerprint density at radius 1 is 0.938 bits per heavy atom. The Bertz CT molecular complexity index is 1150. The van der Waals surface area contributed by atoms with Crippen LogP contribution in [0.2, 0.25) is 0 Å².